The maximum absolute atomic E-state index is 12.9. The second-order valence-corrected chi connectivity index (χ2v) is 6.93. The monoisotopic (exact) mass is 452 g/mol. The van der Waals surface area contributed by atoms with Gasteiger partial charge in [-0.15, -0.1) is 5.10 Å². The lowest BCUT2D eigenvalue weighted by molar-refractivity contribution is 0.0950. The van der Waals surface area contributed by atoms with Crippen LogP contribution in [0, 0.1) is 0 Å². The number of nitrogens with one attached hydrogen (secondary N) is 1. The lowest BCUT2D eigenvalue weighted by Crippen LogP contribution is -2.19. The third-order valence-electron chi connectivity index (χ3n) is 4.46. The number of benzene rings is 2. The molecule has 32 heavy (non-hydrogen) atoms. The molecule has 0 atom stereocenters. The van der Waals surface area contributed by atoms with Gasteiger partial charge >= 0.3 is 0 Å². The van der Waals surface area contributed by atoms with Crippen LogP contribution in [-0.4, -0.2) is 44.2 Å². The van der Waals surface area contributed by atoms with Gasteiger partial charge in [0.2, 0.25) is 18.4 Å². The Morgan fingerprint density at radius 1 is 1.19 bits per heavy atom. The molecule has 1 amide bonds. The zero-order valence-corrected chi connectivity index (χ0v) is 16.9. The summed E-state index contributed by atoms with van der Waals surface area (Å²) >= 11 is 5.96. The smallest absolute Gasteiger partial charge is 0.294 e. The van der Waals surface area contributed by atoms with Gasteiger partial charge in [0, 0.05) is 10.6 Å². The standard InChI is InChI=1S/C19H13ClN8O4/c20-12-3-1-2-10(6-12)8-22-24-19(29)15-16(11-4-5-13-14(7-11)31-9-30-13)28(27-23-15)18-17(21)25-32-26-18/h1-8H,9H2,(H2,21,25)(H,24,29)/b22-8-. The Morgan fingerprint density at radius 2 is 2.06 bits per heavy atom. The summed E-state index contributed by atoms with van der Waals surface area (Å²) in [7, 11) is 0. The lowest BCUT2D eigenvalue weighted by atomic mass is 10.1. The molecule has 4 aromatic rings. The first-order valence-electron chi connectivity index (χ1n) is 9.13. The van der Waals surface area contributed by atoms with Crippen LogP contribution in [-0.2, 0) is 0 Å². The van der Waals surface area contributed by atoms with E-state index in [2.05, 4.69) is 35.8 Å². The molecule has 0 fully saturated rings. The summed E-state index contributed by atoms with van der Waals surface area (Å²) in [5.74, 6) is 0.519. The van der Waals surface area contributed by atoms with Gasteiger partial charge < -0.3 is 15.2 Å². The summed E-state index contributed by atoms with van der Waals surface area (Å²) in [5, 5.41) is 19.8. The van der Waals surface area contributed by atoms with Crippen molar-refractivity contribution in [3.63, 3.8) is 0 Å². The van der Waals surface area contributed by atoms with Gasteiger partial charge in [-0.3, -0.25) is 4.79 Å². The summed E-state index contributed by atoms with van der Waals surface area (Å²) < 4.78 is 16.7. The van der Waals surface area contributed by atoms with Gasteiger partial charge in [0.15, 0.2) is 17.2 Å². The molecule has 5 rings (SSSR count). The number of hydrazone groups is 1. The number of nitrogen functional groups attached to an aromatic ring is 1. The molecular formula is C19H13ClN8O4. The number of halogens is 1. The number of hydrogen-bond acceptors (Lipinski definition) is 10. The zero-order chi connectivity index (χ0) is 22.1. The average Bonchev–Trinajstić information content (AvgIpc) is 3.52. The van der Waals surface area contributed by atoms with E-state index in [0.717, 1.165) is 0 Å². The molecule has 2 aromatic carbocycles. The third-order valence-corrected chi connectivity index (χ3v) is 4.69. The van der Waals surface area contributed by atoms with Crippen LogP contribution in [0.4, 0.5) is 5.82 Å². The van der Waals surface area contributed by atoms with Crippen LogP contribution < -0.4 is 20.6 Å². The normalized spacial score (nSPS) is 12.4. The van der Waals surface area contributed by atoms with Crippen molar-refractivity contribution in [1.29, 1.82) is 0 Å². The topological polar surface area (TPSA) is 156 Å². The number of anilines is 1. The Morgan fingerprint density at radius 3 is 2.88 bits per heavy atom. The van der Waals surface area contributed by atoms with Gasteiger partial charge in [-0.2, -0.15) is 9.78 Å². The van der Waals surface area contributed by atoms with E-state index in [4.69, 9.17) is 26.8 Å². The van der Waals surface area contributed by atoms with E-state index in [9.17, 15) is 4.79 Å². The van der Waals surface area contributed by atoms with Crippen molar-refractivity contribution in [1.82, 2.24) is 30.7 Å². The minimum absolute atomic E-state index is 0.0252. The molecule has 3 heterocycles. The summed E-state index contributed by atoms with van der Waals surface area (Å²) in [6, 6.07) is 12.1. The minimum Gasteiger partial charge on any atom is -0.454 e. The molecule has 0 unspecified atom stereocenters. The van der Waals surface area contributed by atoms with Crippen molar-refractivity contribution in [3.05, 3.63) is 58.7 Å². The molecule has 0 spiro atoms. The number of carbonyl (C=O) groups is 1. The van der Waals surface area contributed by atoms with Gasteiger partial charge in [0.25, 0.3) is 5.91 Å². The number of amides is 1. The largest absolute Gasteiger partial charge is 0.454 e. The van der Waals surface area contributed by atoms with Crippen molar-refractivity contribution in [2.45, 2.75) is 0 Å². The SMILES string of the molecule is Nc1nonc1-n1nnc(C(=O)N/N=C\c2cccc(Cl)c2)c1-c1ccc2c(c1)OCO2. The van der Waals surface area contributed by atoms with Crippen molar-refractivity contribution in [3.8, 4) is 28.6 Å². The summed E-state index contributed by atoms with van der Waals surface area (Å²) in [6.07, 6.45) is 1.45. The fourth-order valence-electron chi connectivity index (χ4n) is 3.03. The Balaban J connectivity index is 1.51. The van der Waals surface area contributed by atoms with Crippen LogP contribution in [0.3, 0.4) is 0 Å². The van der Waals surface area contributed by atoms with Crippen molar-refractivity contribution < 1.29 is 18.9 Å². The van der Waals surface area contributed by atoms with Crippen molar-refractivity contribution in [2.75, 3.05) is 12.5 Å². The number of hydrogen-bond donors (Lipinski definition) is 2. The van der Waals surface area contributed by atoms with E-state index >= 15 is 0 Å². The highest BCUT2D eigenvalue weighted by Crippen LogP contribution is 2.37. The Hall–Kier alpha value is -4.45. The maximum Gasteiger partial charge on any atom is 0.294 e. The van der Waals surface area contributed by atoms with E-state index in [0.29, 0.717) is 27.6 Å². The first kappa shape index (κ1) is 19.5. The Bertz CT molecular complexity index is 1350. The predicted molar refractivity (Wildman–Crippen MR) is 112 cm³/mol. The van der Waals surface area contributed by atoms with E-state index < -0.39 is 5.91 Å². The second kappa shape index (κ2) is 8.00. The van der Waals surface area contributed by atoms with Crippen LogP contribution in [0.5, 0.6) is 11.5 Å². The molecule has 0 radical (unpaired) electrons. The van der Waals surface area contributed by atoms with E-state index in [1.165, 1.54) is 10.9 Å². The number of nitrogens with zero attached hydrogens (tertiary/aromatic N) is 6. The third kappa shape index (κ3) is 3.58. The number of aromatic nitrogens is 5. The molecule has 2 aromatic heterocycles. The van der Waals surface area contributed by atoms with E-state index in [-0.39, 0.29) is 29.8 Å². The minimum atomic E-state index is -0.614. The van der Waals surface area contributed by atoms with Gasteiger partial charge in [0.05, 0.1) is 6.21 Å². The van der Waals surface area contributed by atoms with Crippen molar-refractivity contribution >= 4 is 29.5 Å². The lowest BCUT2D eigenvalue weighted by Gasteiger charge is -2.07. The summed E-state index contributed by atoms with van der Waals surface area (Å²) in [6.45, 7) is 0.0992. The van der Waals surface area contributed by atoms with Crippen LogP contribution in [0.1, 0.15) is 16.1 Å². The number of fused-ring (bicyclic) bond motifs is 1. The predicted octanol–water partition coefficient (Wildman–Crippen LogP) is 2.05. The molecule has 0 aliphatic carbocycles. The zero-order valence-electron chi connectivity index (χ0n) is 16.1. The highest BCUT2D eigenvalue weighted by Gasteiger charge is 2.26. The first-order chi connectivity index (χ1) is 15.6. The van der Waals surface area contributed by atoms with Crippen LogP contribution in [0.25, 0.3) is 17.1 Å². The van der Waals surface area contributed by atoms with Gasteiger partial charge in [-0.1, -0.05) is 28.9 Å². The molecule has 13 heteroatoms. The van der Waals surface area contributed by atoms with Crippen molar-refractivity contribution in [2.24, 2.45) is 5.10 Å². The molecule has 160 valence electrons. The first-order valence-corrected chi connectivity index (χ1v) is 9.51. The van der Waals surface area contributed by atoms with Crippen LogP contribution in [0.2, 0.25) is 5.02 Å². The maximum atomic E-state index is 12.9. The molecule has 1 aliphatic heterocycles. The molecule has 3 N–H and O–H groups in total. The number of carbonyl (C=O) groups excluding carboxylic acids is 1. The molecule has 0 saturated carbocycles. The molecule has 0 bridgehead atoms. The fraction of sp³-hybridized carbons (Fsp3) is 0.0526. The highest BCUT2D eigenvalue weighted by molar-refractivity contribution is 6.30. The number of rotatable bonds is 5. The molecule has 1 aliphatic rings. The van der Waals surface area contributed by atoms with Gasteiger partial charge in [0.1, 0.15) is 5.69 Å². The second-order valence-electron chi connectivity index (χ2n) is 6.49. The quantitative estimate of drug-likeness (QED) is 0.341. The van der Waals surface area contributed by atoms with Gasteiger partial charge in [-0.25, -0.2) is 10.1 Å². The van der Waals surface area contributed by atoms with Crippen LogP contribution >= 0.6 is 11.6 Å². The Kier molecular flexibility index (Phi) is 4.88. The number of nitrogens with two attached hydrogens (primary N) is 1. The molecular weight excluding hydrogens is 440 g/mol. The van der Waals surface area contributed by atoms with E-state index in [1.807, 2.05) is 0 Å². The number of ether oxygens (including phenoxy) is 2. The fourth-order valence-corrected chi connectivity index (χ4v) is 3.23. The van der Waals surface area contributed by atoms with Gasteiger partial charge in [-0.05, 0) is 46.2 Å². The highest BCUT2D eigenvalue weighted by atomic mass is 35.5. The Labute approximate surface area is 184 Å². The average molecular weight is 453 g/mol. The molecule has 12 nitrogen and oxygen atoms in total. The summed E-state index contributed by atoms with van der Waals surface area (Å²) in [4.78, 5) is 12.9. The van der Waals surface area contributed by atoms with E-state index in [1.54, 1.807) is 42.5 Å². The van der Waals surface area contributed by atoms with Crippen LogP contribution in [0.15, 0.2) is 52.2 Å². The summed E-state index contributed by atoms with van der Waals surface area (Å²) in [5.41, 5.74) is 9.74. The molecule has 0 saturated heterocycles.